The predicted octanol–water partition coefficient (Wildman–Crippen LogP) is 3.26. The van der Waals surface area contributed by atoms with E-state index < -0.39 is 5.92 Å². The number of anilines is 1. The molecule has 0 saturated carbocycles. The molecule has 4 heteroatoms. The van der Waals surface area contributed by atoms with Gasteiger partial charge in [-0.25, -0.2) is 0 Å². The fourth-order valence-corrected chi connectivity index (χ4v) is 3.13. The third kappa shape index (κ3) is 2.99. The van der Waals surface area contributed by atoms with Gasteiger partial charge in [-0.15, -0.1) is 0 Å². The van der Waals surface area contributed by atoms with E-state index in [4.69, 9.17) is 0 Å². The highest BCUT2D eigenvalue weighted by Crippen LogP contribution is 2.29. The molecule has 0 bridgehead atoms. The van der Waals surface area contributed by atoms with Crippen LogP contribution in [0.3, 0.4) is 0 Å². The number of hydrogen-bond donors (Lipinski definition) is 0. The number of rotatable bonds is 3. The second-order valence-corrected chi connectivity index (χ2v) is 6.36. The van der Waals surface area contributed by atoms with E-state index in [1.165, 1.54) is 0 Å². The summed E-state index contributed by atoms with van der Waals surface area (Å²) in [6.07, 6.45) is 1.58. The molecule has 1 aromatic rings. The molecule has 2 rings (SSSR count). The Morgan fingerprint density at radius 2 is 2.05 bits per heavy atom. The molecule has 0 N–H and O–H groups in total. The lowest BCUT2D eigenvalue weighted by atomic mass is 9.87. The van der Waals surface area contributed by atoms with E-state index in [9.17, 15) is 9.59 Å². The van der Waals surface area contributed by atoms with Gasteiger partial charge >= 0.3 is 0 Å². The summed E-state index contributed by atoms with van der Waals surface area (Å²) in [6, 6.07) is 7.81. The molecule has 1 heterocycles. The third-order valence-corrected chi connectivity index (χ3v) is 4.41. The van der Waals surface area contributed by atoms with Crippen molar-refractivity contribution in [1.82, 2.24) is 0 Å². The Hall–Kier alpha value is -0.910. The molecular formula is C15H18INO2. The van der Waals surface area contributed by atoms with Crippen LogP contribution in [-0.2, 0) is 9.59 Å². The van der Waals surface area contributed by atoms with Gasteiger partial charge in [-0.1, -0.05) is 26.0 Å². The second kappa shape index (κ2) is 6.03. The average Bonchev–Trinajstić information content (AvgIpc) is 2.39. The molecule has 0 aliphatic carbocycles. The molecule has 1 aromatic carbocycles. The van der Waals surface area contributed by atoms with Crippen molar-refractivity contribution in [3.05, 3.63) is 27.8 Å². The zero-order chi connectivity index (χ0) is 14.0. The van der Waals surface area contributed by atoms with E-state index in [1.54, 1.807) is 4.90 Å². The first kappa shape index (κ1) is 14.5. The number of hydrogen-bond acceptors (Lipinski definition) is 2. The first-order valence-corrected chi connectivity index (χ1v) is 7.70. The summed E-state index contributed by atoms with van der Waals surface area (Å²) in [7, 11) is 0. The molecule has 1 amide bonds. The Morgan fingerprint density at radius 1 is 1.37 bits per heavy atom. The molecule has 102 valence electrons. The van der Waals surface area contributed by atoms with E-state index in [0.29, 0.717) is 13.0 Å². The van der Waals surface area contributed by atoms with E-state index >= 15 is 0 Å². The molecule has 19 heavy (non-hydrogen) atoms. The van der Waals surface area contributed by atoms with E-state index in [2.05, 4.69) is 22.6 Å². The van der Waals surface area contributed by atoms with Crippen molar-refractivity contribution in [3.63, 3.8) is 0 Å². The topological polar surface area (TPSA) is 37.4 Å². The number of carbonyl (C=O) groups is 2. The summed E-state index contributed by atoms with van der Waals surface area (Å²) in [4.78, 5) is 26.4. The molecule has 0 spiro atoms. The predicted molar refractivity (Wildman–Crippen MR) is 84.1 cm³/mol. The molecule has 3 nitrogen and oxygen atoms in total. The van der Waals surface area contributed by atoms with Gasteiger partial charge in [0.05, 0.1) is 11.6 Å². The minimum absolute atomic E-state index is 0.0333. The van der Waals surface area contributed by atoms with Crippen LogP contribution in [-0.4, -0.2) is 18.2 Å². The Balaban J connectivity index is 2.26. The summed E-state index contributed by atoms with van der Waals surface area (Å²) in [6.45, 7) is 4.43. The van der Waals surface area contributed by atoms with Crippen molar-refractivity contribution in [1.29, 1.82) is 0 Å². The van der Waals surface area contributed by atoms with Crippen LogP contribution in [0.2, 0.25) is 0 Å². The molecule has 1 aliphatic rings. The lowest BCUT2D eigenvalue weighted by Gasteiger charge is -2.32. The van der Waals surface area contributed by atoms with Gasteiger partial charge in [0, 0.05) is 16.0 Å². The van der Waals surface area contributed by atoms with Gasteiger partial charge in [0.2, 0.25) is 5.91 Å². The van der Waals surface area contributed by atoms with Gasteiger partial charge in [0.1, 0.15) is 5.78 Å². The van der Waals surface area contributed by atoms with Crippen LogP contribution in [0.5, 0.6) is 0 Å². The molecule has 1 aliphatic heterocycles. The Kier molecular flexibility index (Phi) is 4.60. The highest BCUT2D eigenvalue weighted by molar-refractivity contribution is 14.1. The summed E-state index contributed by atoms with van der Waals surface area (Å²) in [5.41, 5.74) is 0.925. The number of benzene rings is 1. The number of ketones is 1. The SMILES string of the molecule is CC(C)C(=O)[C@@H]1CCCN(c2ccccc2I)C1=O. The van der Waals surface area contributed by atoms with E-state index in [0.717, 1.165) is 15.7 Å². The van der Waals surface area contributed by atoms with Crippen molar-refractivity contribution in [3.8, 4) is 0 Å². The number of carbonyl (C=O) groups excluding carboxylic acids is 2. The smallest absolute Gasteiger partial charge is 0.237 e. The fraction of sp³-hybridized carbons (Fsp3) is 0.467. The standard InChI is InChI=1S/C15H18INO2/c1-10(2)14(18)11-6-5-9-17(15(11)19)13-8-4-3-7-12(13)16/h3-4,7-8,10-11H,5-6,9H2,1-2H3/t11-/m0/s1. The third-order valence-electron chi connectivity index (χ3n) is 3.49. The van der Waals surface area contributed by atoms with Gasteiger partial charge in [0.25, 0.3) is 0 Å². The van der Waals surface area contributed by atoms with Crippen molar-refractivity contribution in [2.24, 2.45) is 11.8 Å². The zero-order valence-corrected chi connectivity index (χ0v) is 13.4. The van der Waals surface area contributed by atoms with Crippen LogP contribution in [0, 0.1) is 15.4 Å². The largest absolute Gasteiger partial charge is 0.311 e. The summed E-state index contributed by atoms with van der Waals surface area (Å²) in [5.74, 6) is -0.497. The number of halogens is 1. The van der Waals surface area contributed by atoms with Gasteiger partial charge in [-0.3, -0.25) is 9.59 Å². The van der Waals surface area contributed by atoms with Crippen LogP contribution in [0.15, 0.2) is 24.3 Å². The van der Waals surface area contributed by atoms with Crippen molar-refractivity contribution in [2.75, 3.05) is 11.4 Å². The van der Waals surface area contributed by atoms with Crippen LogP contribution in [0.25, 0.3) is 0 Å². The van der Waals surface area contributed by atoms with Crippen LogP contribution in [0.1, 0.15) is 26.7 Å². The average molecular weight is 371 g/mol. The van der Waals surface area contributed by atoms with E-state index in [1.807, 2.05) is 38.1 Å². The molecule has 0 aromatic heterocycles. The summed E-state index contributed by atoms with van der Waals surface area (Å²) in [5, 5.41) is 0. The molecular weight excluding hydrogens is 353 g/mol. The van der Waals surface area contributed by atoms with Crippen LogP contribution < -0.4 is 4.90 Å². The lowest BCUT2D eigenvalue weighted by molar-refractivity contribution is -0.135. The second-order valence-electron chi connectivity index (χ2n) is 5.19. The first-order valence-electron chi connectivity index (χ1n) is 6.62. The van der Waals surface area contributed by atoms with Crippen molar-refractivity contribution < 1.29 is 9.59 Å². The van der Waals surface area contributed by atoms with Crippen LogP contribution in [0.4, 0.5) is 5.69 Å². The number of piperidine rings is 1. The first-order chi connectivity index (χ1) is 9.02. The minimum atomic E-state index is -0.454. The Bertz CT molecular complexity index is 499. The Morgan fingerprint density at radius 3 is 2.68 bits per heavy atom. The quantitative estimate of drug-likeness (QED) is 0.604. The fourth-order valence-electron chi connectivity index (χ4n) is 2.45. The zero-order valence-electron chi connectivity index (χ0n) is 11.2. The molecule has 0 radical (unpaired) electrons. The monoisotopic (exact) mass is 371 g/mol. The minimum Gasteiger partial charge on any atom is -0.311 e. The molecule has 0 unspecified atom stereocenters. The number of nitrogens with zero attached hydrogens (tertiary/aromatic N) is 1. The summed E-state index contributed by atoms with van der Waals surface area (Å²) >= 11 is 2.23. The normalized spacial score (nSPS) is 19.9. The molecule has 1 atom stereocenters. The maximum Gasteiger partial charge on any atom is 0.237 e. The molecule has 1 saturated heterocycles. The highest BCUT2D eigenvalue weighted by atomic mass is 127. The number of para-hydroxylation sites is 1. The maximum atomic E-state index is 12.5. The molecule has 1 fully saturated rings. The highest BCUT2D eigenvalue weighted by Gasteiger charge is 2.35. The summed E-state index contributed by atoms with van der Waals surface area (Å²) < 4.78 is 1.05. The van der Waals surface area contributed by atoms with Gasteiger partial charge in [-0.2, -0.15) is 0 Å². The number of Topliss-reactive ketones (excluding diaryl/α,β-unsaturated/α-hetero) is 1. The van der Waals surface area contributed by atoms with Gasteiger partial charge in [0.15, 0.2) is 0 Å². The Labute approximate surface area is 127 Å². The maximum absolute atomic E-state index is 12.5. The van der Waals surface area contributed by atoms with Crippen molar-refractivity contribution in [2.45, 2.75) is 26.7 Å². The lowest BCUT2D eigenvalue weighted by Crippen LogP contribution is -2.45. The van der Waals surface area contributed by atoms with Gasteiger partial charge in [-0.05, 0) is 47.6 Å². The van der Waals surface area contributed by atoms with E-state index in [-0.39, 0.29) is 17.6 Å². The number of amides is 1. The van der Waals surface area contributed by atoms with Crippen molar-refractivity contribution >= 4 is 40.0 Å². The van der Waals surface area contributed by atoms with Gasteiger partial charge < -0.3 is 4.90 Å². The van der Waals surface area contributed by atoms with Crippen LogP contribution >= 0.6 is 22.6 Å².